The topological polar surface area (TPSA) is 24.9 Å². The van der Waals surface area contributed by atoms with Crippen molar-refractivity contribution in [2.75, 3.05) is 6.54 Å². The summed E-state index contributed by atoms with van der Waals surface area (Å²) in [6.07, 6.45) is 3.72. The van der Waals surface area contributed by atoms with Crippen molar-refractivity contribution in [1.29, 1.82) is 0 Å². The number of nitrogens with one attached hydrogen (secondary N) is 1. The van der Waals surface area contributed by atoms with E-state index in [0.29, 0.717) is 12.0 Å². The van der Waals surface area contributed by atoms with Crippen LogP contribution in [-0.4, -0.2) is 11.5 Å². The van der Waals surface area contributed by atoms with Crippen molar-refractivity contribution in [2.24, 2.45) is 0 Å². The van der Waals surface area contributed by atoms with Crippen LogP contribution in [0.4, 0.5) is 0 Å². The molecule has 0 radical (unpaired) electrons. The summed E-state index contributed by atoms with van der Waals surface area (Å²) in [5, 5.41) is 3.58. The fraction of sp³-hybridized carbons (Fsp3) is 0.357. The monoisotopic (exact) mass is 324 g/mol. The van der Waals surface area contributed by atoms with E-state index in [2.05, 4.69) is 64.3 Å². The minimum Gasteiger partial charge on any atom is -0.309 e. The highest BCUT2D eigenvalue weighted by Gasteiger charge is 2.21. The number of likely N-dealkylation sites (N-methyl/N-ethyl adjacent to an activating group) is 1. The van der Waals surface area contributed by atoms with Crippen LogP contribution in [-0.2, 0) is 0 Å². The molecule has 0 saturated carbocycles. The first-order valence-electron chi connectivity index (χ1n) is 6.11. The van der Waals surface area contributed by atoms with Crippen LogP contribution in [0.3, 0.4) is 0 Å². The molecule has 0 bridgehead atoms. The molecular weight excluding hydrogens is 308 g/mol. The zero-order chi connectivity index (χ0) is 13.0. The second-order valence-electron chi connectivity index (χ2n) is 4.25. The normalized spacial score (nSPS) is 14.4. The summed E-state index contributed by atoms with van der Waals surface area (Å²) >= 11 is 5.33. The molecule has 0 spiro atoms. The molecule has 2 heterocycles. The van der Waals surface area contributed by atoms with E-state index in [4.69, 9.17) is 0 Å². The fourth-order valence-corrected chi connectivity index (χ4v) is 3.70. The highest BCUT2D eigenvalue weighted by atomic mass is 79.9. The summed E-state index contributed by atoms with van der Waals surface area (Å²) in [7, 11) is 0. The quantitative estimate of drug-likeness (QED) is 0.883. The van der Waals surface area contributed by atoms with Gasteiger partial charge in [-0.25, -0.2) is 0 Å². The molecule has 0 aliphatic heterocycles. The Morgan fingerprint density at radius 1 is 1.28 bits per heavy atom. The van der Waals surface area contributed by atoms with Crippen LogP contribution < -0.4 is 5.32 Å². The molecule has 0 saturated heterocycles. The van der Waals surface area contributed by atoms with Gasteiger partial charge in [0.1, 0.15) is 0 Å². The summed E-state index contributed by atoms with van der Waals surface area (Å²) in [4.78, 5) is 5.45. The zero-order valence-corrected chi connectivity index (χ0v) is 13.0. The van der Waals surface area contributed by atoms with Crippen LogP contribution in [0.25, 0.3) is 0 Å². The number of rotatable bonds is 5. The van der Waals surface area contributed by atoms with Crippen molar-refractivity contribution in [2.45, 2.75) is 25.8 Å². The van der Waals surface area contributed by atoms with Crippen LogP contribution in [0, 0.1) is 0 Å². The smallest absolute Gasteiger partial charge is 0.0701 e. The van der Waals surface area contributed by atoms with Gasteiger partial charge in [0, 0.05) is 29.2 Å². The van der Waals surface area contributed by atoms with E-state index in [-0.39, 0.29) is 0 Å². The molecule has 2 unspecified atom stereocenters. The number of nitrogens with zero attached hydrogens (tertiary/aromatic N) is 1. The van der Waals surface area contributed by atoms with Gasteiger partial charge in [-0.05, 0) is 52.3 Å². The maximum atomic E-state index is 4.08. The number of aromatic nitrogens is 1. The van der Waals surface area contributed by atoms with Crippen molar-refractivity contribution in [1.82, 2.24) is 10.3 Å². The van der Waals surface area contributed by atoms with E-state index in [1.807, 2.05) is 12.4 Å². The highest BCUT2D eigenvalue weighted by Crippen LogP contribution is 2.35. The average Bonchev–Trinajstić information content (AvgIpc) is 2.82. The second kappa shape index (κ2) is 6.45. The van der Waals surface area contributed by atoms with Gasteiger partial charge < -0.3 is 5.32 Å². The molecule has 4 heteroatoms. The third-order valence-electron chi connectivity index (χ3n) is 3.06. The predicted octanol–water partition coefficient (Wildman–Crippen LogP) is 4.36. The van der Waals surface area contributed by atoms with Gasteiger partial charge in [-0.3, -0.25) is 4.98 Å². The molecule has 0 aliphatic rings. The third kappa shape index (κ3) is 3.19. The van der Waals surface area contributed by atoms with Crippen LogP contribution in [0.2, 0.25) is 0 Å². The Hall–Kier alpha value is -0.710. The second-order valence-corrected chi connectivity index (χ2v) is 6.74. The van der Waals surface area contributed by atoms with Crippen LogP contribution in [0.15, 0.2) is 40.4 Å². The Kier molecular flexibility index (Phi) is 4.92. The van der Waals surface area contributed by atoms with Gasteiger partial charge >= 0.3 is 0 Å². The average molecular weight is 325 g/mol. The summed E-state index contributed by atoms with van der Waals surface area (Å²) in [5.74, 6) is 0.429. The number of hydrogen-bond acceptors (Lipinski definition) is 3. The van der Waals surface area contributed by atoms with Crippen molar-refractivity contribution in [3.05, 3.63) is 50.9 Å². The van der Waals surface area contributed by atoms with Crippen molar-refractivity contribution >= 4 is 27.3 Å². The van der Waals surface area contributed by atoms with E-state index in [9.17, 15) is 0 Å². The highest BCUT2D eigenvalue weighted by molar-refractivity contribution is 9.11. The lowest BCUT2D eigenvalue weighted by Crippen LogP contribution is -2.25. The maximum absolute atomic E-state index is 4.08. The molecule has 0 aromatic carbocycles. The summed E-state index contributed by atoms with van der Waals surface area (Å²) in [5.41, 5.74) is 1.32. The van der Waals surface area contributed by atoms with Gasteiger partial charge in [0.05, 0.1) is 3.79 Å². The van der Waals surface area contributed by atoms with Gasteiger partial charge in [0.25, 0.3) is 0 Å². The molecule has 2 atom stereocenters. The van der Waals surface area contributed by atoms with Crippen LogP contribution >= 0.6 is 27.3 Å². The Morgan fingerprint density at radius 3 is 2.56 bits per heavy atom. The molecule has 18 heavy (non-hydrogen) atoms. The summed E-state index contributed by atoms with van der Waals surface area (Å²) in [6, 6.07) is 8.85. The van der Waals surface area contributed by atoms with Crippen molar-refractivity contribution in [3.63, 3.8) is 0 Å². The SMILES string of the molecule is CCNC(c1ccc(Br)s1)C(C)c1ccncc1. The lowest BCUT2D eigenvalue weighted by molar-refractivity contribution is 0.486. The Bertz CT molecular complexity index is 484. The van der Waals surface area contributed by atoms with Gasteiger partial charge in [0.2, 0.25) is 0 Å². The fourth-order valence-electron chi connectivity index (χ4n) is 2.10. The molecule has 2 nitrogen and oxygen atoms in total. The van der Waals surface area contributed by atoms with Crippen molar-refractivity contribution < 1.29 is 0 Å². The number of pyridine rings is 1. The minimum atomic E-state index is 0.355. The molecular formula is C14H17BrN2S. The van der Waals surface area contributed by atoms with Gasteiger partial charge in [-0.2, -0.15) is 0 Å². The summed E-state index contributed by atoms with van der Waals surface area (Å²) < 4.78 is 1.18. The lowest BCUT2D eigenvalue weighted by Gasteiger charge is -2.24. The predicted molar refractivity (Wildman–Crippen MR) is 81.1 cm³/mol. The molecule has 0 fully saturated rings. The van der Waals surface area contributed by atoms with E-state index in [0.717, 1.165) is 6.54 Å². The first-order valence-corrected chi connectivity index (χ1v) is 7.72. The first kappa shape index (κ1) is 13.7. The number of thiophene rings is 1. The Morgan fingerprint density at radius 2 is 2.00 bits per heavy atom. The van der Waals surface area contributed by atoms with Crippen molar-refractivity contribution in [3.8, 4) is 0 Å². The molecule has 2 aromatic rings. The standard InChI is InChI=1S/C14H17BrN2S/c1-3-17-14(12-4-5-13(15)18-12)10(2)11-6-8-16-9-7-11/h4-10,14,17H,3H2,1-2H3. The van der Waals surface area contributed by atoms with E-state index < -0.39 is 0 Å². The molecule has 2 aromatic heterocycles. The molecule has 96 valence electrons. The van der Waals surface area contributed by atoms with Crippen LogP contribution in [0.5, 0.6) is 0 Å². The molecule has 2 rings (SSSR count). The van der Waals surface area contributed by atoms with Gasteiger partial charge in [0.15, 0.2) is 0 Å². The number of halogens is 1. The third-order valence-corrected chi connectivity index (χ3v) is 4.76. The largest absolute Gasteiger partial charge is 0.309 e. The molecule has 0 amide bonds. The molecule has 1 N–H and O–H groups in total. The minimum absolute atomic E-state index is 0.355. The summed E-state index contributed by atoms with van der Waals surface area (Å²) in [6.45, 7) is 5.38. The van der Waals surface area contributed by atoms with E-state index in [1.165, 1.54) is 14.2 Å². The van der Waals surface area contributed by atoms with Gasteiger partial charge in [-0.1, -0.05) is 13.8 Å². The molecule has 0 aliphatic carbocycles. The van der Waals surface area contributed by atoms with Gasteiger partial charge in [-0.15, -0.1) is 11.3 Å². The van der Waals surface area contributed by atoms with Crippen LogP contribution in [0.1, 0.15) is 36.2 Å². The Labute approximate surface area is 121 Å². The Balaban J connectivity index is 2.25. The van der Waals surface area contributed by atoms with E-state index >= 15 is 0 Å². The first-order chi connectivity index (χ1) is 8.72. The van der Waals surface area contributed by atoms with E-state index in [1.54, 1.807) is 11.3 Å². The maximum Gasteiger partial charge on any atom is 0.0701 e. The number of hydrogen-bond donors (Lipinski definition) is 1. The lowest BCUT2D eigenvalue weighted by atomic mass is 9.93. The zero-order valence-electron chi connectivity index (χ0n) is 10.6.